The molecule has 4 nitrogen and oxygen atoms in total. The van der Waals surface area contributed by atoms with Crippen LogP contribution in [0.4, 0.5) is 5.69 Å². The molecule has 0 radical (unpaired) electrons. The number of benzene rings is 2. The molecule has 2 aromatic carbocycles. The molecule has 0 N–H and O–H groups in total. The number of rotatable bonds is 5. The number of hydrogen-bond acceptors (Lipinski definition) is 4. The van der Waals surface area contributed by atoms with E-state index in [4.69, 9.17) is 20.8 Å². The van der Waals surface area contributed by atoms with Crippen LogP contribution >= 0.6 is 11.6 Å². The Morgan fingerprint density at radius 1 is 1.07 bits per heavy atom. The number of anilines is 1. The number of ether oxygens (including phenoxy) is 1. The fraction of sp³-hybridized carbons (Fsp3) is 0.364. The Hall–Kier alpha value is -2.17. The molecule has 1 saturated heterocycles. The van der Waals surface area contributed by atoms with Crippen LogP contribution in [0, 0.1) is 6.92 Å². The molecule has 0 amide bonds. The van der Waals surface area contributed by atoms with Crippen molar-refractivity contribution in [2.24, 2.45) is 0 Å². The Balaban J connectivity index is 1.39. The fourth-order valence-corrected chi connectivity index (χ4v) is 4.04. The summed E-state index contributed by atoms with van der Waals surface area (Å²) in [5.74, 6) is 1.88. The van der Waals surface area contributed by atoms with Crippen molar-refractivity contribution < 1.29 is 9.15 Å². The molecule has 0 atom stereocenters. The zero-order valence-corrected chi connectivity index (χ0v) is 16.6. The number of aryl methyl sites for hydroxylation is 1. The van der Waals surface area contributed by atoms with Gasteiger partial charge in [0.05, 0.1) is 7.11 Å². The molecule has 0 unspecified atom stereocenters. The molecule has 0 bridgehead atoms. The first-order chi connectivity index (χ1) is 13.1. The Morgan fingerprint density at radius 3 is 2.63 bits per heavy atom. The van der Waals surface area contributed by atoms with Crippen molar-refractivity contribution in [1.29, 1.82) is 0 Å². The van der Waals surface area contributed by atoms with Gasteiger partial charge < -0.3 is 14.1 Å². The minimum Gasteiger partial charge on any atom is -0.497 e. The number of fused-ring (bicyclic) bond motifs is 1. The van der Waals surface area contributed by atoms with Crippen LogP contribution in [0.3, 0.4) is 0 Å². The summed E-state index contributed by atoms with van der Waals surface area (Å²) in [6.07, 6.45) is 0.989. The number of piperazine rings is 1. The summed E-state index contributed by atoms with van der Waals surface area (Å²) in [5, 5.41) is 1.97. The van der Waals surface area contributed by atoms with E-state index in [0.717, 1.165) is 61.3 Å². The number of methoxy groups -OCH3 is 1. The van der Waals surface area contributed by atoms with Crippen LogP contribution in [0.2, 0.25) is 5.02 Å². The molecule has 1 aromatic heterocycles. The largest absolute Gasteiger partial charge is 0.497 e. The quantitative estimate of drug-likeness (QED) is 0.633. The molecule has 0 saturated carbocycles. The molecular formula is C22H25ClN2O2. The molecule has 1 aliphatic rings. The maximum Gasteiger partial charge on any atom is 0.134 e. The second-order valence-corrected chi connectivity index (χ2v) is 7.49. The van der Waals surface area contributed by atoms with Crippen molar-refractivity contribution in [3.05, 3.63) is 58.8 Å². The molecule has 3 aromatic rings. The monoisotopic (exact) mass is 384 g/mol. The Bertz CT molecular complexity index is 929. The van der Waals surface area contributed by atoms with E-state index >= 15 is 0 Å². The Kier molecular flexibility index (Phi) is 5.28. The number of furan rings is 1. The average Bonchev–Trinajstić information content (AvgIpc) is 3.01. The molecule has 0 aliphatic carbocycles. The minimum atomic E-state index is 0.799. The van der Waals surface area contributed by atoms with E-state index in [1.54, 1.807) is 7.11 Å². The first-order valence-electron chi connectivity index (χ1n) is 9.43. The van der Waals surface area contributed by atoms with Crippen molar-refractivity contribution in [1.82, 2.24) is 4.90 Å². The van der Waals surface area contributed by atoms with Crippen LogP contribution < -0.4 is 9.64 Å². The van der Waals surface area contributed by atoms with Crippen molar-refractivity contribution in [3.63, 3.8) is 0 Å². The summed E-state index contributed by atoms with van der Waals surface area (Å²) in [5.41, 5.74) is 3.45. The third kappa shape index (κ3) is 3.92. The van der Waals surface area contributed by atoms with Gasteiger partial charge in [-0.15, -0.1) is 0 Å². The molecular weight excluding hydrogens is 360 g/mol. The van der Waals surface area contributed by atoms with E-state index in [-0.39, 0.29) is 0 Å². The van der Waals surface area contributed by atoms with E-state index in [9.17, 15) is 0 Å². The van der Waals surface area contributed by atoms with Crippen molar-refractivity contribution in [2.45, 2.75) is 13.3 Å². The van der Waals surface area contributed by atoms with Crippen LogP contribution in [0.15, 0.2) is 46.9 Å². The highest BCUT2D eigenvalue weighted by atomic mass is 35.5. The van der Waals surface area contributed by atoms with Gasteiger partial charge in [-0.05, 0) is 49.7 Å². The molecule has 142 valence electrons. The van der Waals surface area contributed by atoms with Gasteiger partial charge >= 0.3 is 0 Å². The van der Waals surface area contributed by atoms with Gasteiger partial charge in [-0.2, -0.15) is 0 Å². The molecule has 27 heavy (non-hydrogen) atoms. The maximum absolute atomic E-state index is 6.13. The van der Waals surface area contributed by atoms with Gasteiger partial charge in [-0.3, -0.25) is 4.90 Å². The Labute approximate surface area is 165 Å². The summed E-state index contributed by atoms with van der Waals surface area (Å²) in [6.45, 7) is 7.27. The van der Waals surface area contributed by atoms with Crippen LogP contribution in [-0.2, 0) is 6.42 Å². The van der Waals surface area contributed by atoms with E-state index < -0.39 is 0 Å². The first-order valence-corrected chi connectivity index (χ1v) is 9.81. The highest BCUT2D eigenvalue weighted by molar-refractivity contribution is 6.30. The zero-order chi connectivity index (χ0) is 18.8. The van der Waals surface area contributed by atoms with E-state index in [1.807, 2.05) is 30.3 Å². The lowest BCUT2D eigenvalue weighted by Crippen LogP contribution is -2.47. The normalized spacial score (nSPS) is 15.4. The molecule has 1 fully saturated rings. The lowest BCUT2D eigenvalue weighted by Gasteiger charge is -2.36. The summed E-state index contributed by atoms with van der Waals surface area (Å²) in [6, 6.07) is 14.2. The summed E-state index contributed by atoms with van der Waals surface area (Å²) >= 11 is 6.13. The fourth-order valence-electron chi connectivity index (χ4n) is 3.86. The number of halogens is 1. The molecule has 2 heterocycles. The van der Waals surface area contributed by atoms with Crippen molar-refractivity contribution >= 4 is 28.3 Å². The summed E-state index contributed by atoms with van der Waals surface area (Å²) < 4.78 is 11.3. The minimum absolute atomic E-state index is 0.799. The van der Waals surface area contributed by atoms with Gasteiger partial charge in [-0.1, -0.05) is 17.7 Å². The predicted molar refractivity (Wildman–Crippen MR) is 111 cm³/mol. The van der Waals surface area contributed by atoms with E-state index in [1.165, 1.54) is 16.6 Å². The zero-order valence-electron chi connectivity index (χ0n) is 15.9. The molecule has 5 heteroatoms. The van der Waals surface area contributed by atoms with Gasteiger partial charge in [0.15, 0.2) is 0 Å². The molecule has 0 spiro atoms. The van der Waals surface area contributed by atoms with Gasteiger partial charge in [-0.25, -0.2) is 0 Å². The lowest BCUT2D eigenvalue weighted by molar-refractivity contribution is 0.261. The van der Waals surface area contributed by atoms with E-state index in [2.05, 4.69) is 28.9 Å². The van der Waals surface area contributed by atoms with Crippen LogP contribution in [-0.4, -0.2) is 44.7 Å². The lowest BCUT2D eigenvalue weighted by atomic mass is 10.1. The van der Waals surface area contributed by atoms with Gasteiger partial charge in [0.25, 0.3) is 0 Å². The van der Waals surface area contributed by atoms with Crippen LogP contribution in [0.5, 0.6) is 5.75 Å². The number of hydrogen-bond donors (Lipinski definition) is 0. The smallest absolute Gasteiger partial charge is 0.134 e. The van der Waals surface area contributed by atoms with Gasteiger partial charge in [0, 0.05) is 54.4 Å². The third-order valence-corrected chi connectivity index (χ3v) is 5.66. The van der Waals surface area contributed by atoms with Crippen LogP contribution in [0.1, 0.15) is 11.3 Å². The van der Waals surface area contributed by atoms with Crippen molar-refractivity contribution in [2.75, 3.05) is 44.7 Å². The highest BCUT2D eigenvalue weighted by Crippen LogP contribution is 2.29. The first kappa shape index (κ1) is 18.2. The second kappa shape index (κ2) is 7.83. The van der Waals surface area contributed by atoms with Crippen molar-refractivity contribution in [3.8, 4) is 5.75 Å². The summed E-state index contributed by atoms with van der Waals surface area (Å²) in [4.78, 5) is 4.94. The molecule has 1 aliphatic heterocycles. The van der Waals surface area contributed by atoms with Gasteiger partial charge in [0.1, 0.15) is 17.1 Å². The average molecular weight is 385 g/mol. The maximum atomic E-state index is 6.13. The predicted octanol–water partition coefficient (Wildman–Crippen LogP) is 4.77. The summed E-state index contributed by atoms with van der Waals surface area (Å²) in [7, 11) is 1.70. The standard InChI is InChI=1S/C22H25ClN2O2/c1-16-20(21-15-19(26-2)6-7-22(21)27-16)8-9-24-10-12-25(13-11-24)18-5-3-4-17(23)14-18/h3-7,14-15H,8-13H2,1-2H3. The van der Waals surface area contributed by atoms with E-state index in [0.29, 0.717) is 0 Å². The SMILES string of the molecule is COc1ccc2oc(C)c(CCN3CCN(c4cccc(Cl)c4)CC3)c2c1. The highest BCUT2D eigenvalue weighted by Gasteiger charge is 2.19. The second-order valence-electron chi connectivity index (χ2n) is 7.06. The number of nitrogens with zero attached hydrogens (tertiary/aromatic N) is 2. The van der Waals surface area contributed by atoms with Gasteiger partial charge in [0.2, 0.25) is 0 Å². The Morgan fingerprint density at radius 2 is 1.89 bits per heavy atom. The molecule has 4 rings (SSSR count). The third-order valence-electron chi connectivity index (χ3n) is 5.42. The topological polar surface area (TPSA) is 28.9 Å². The van der Waals surface area contributed by atoms with Crippen LogP contribution in [0.25, 0.3) is 11.0 Å².